The van der Waals surface area contributed by atoms with E-state index >= 15 is 0 Å². The fraction of sp³-hybridized carbons (Fsp3) is 0.217. The summed E-state index contributed by atoms with van der Waals surface area (Å²) in [5, 5.41) is 2.85. The lowest BCUT2D eigenvalue weighted by Gasteiger charge is -2.28. The van der Waals surface area contributed by atoms with Gasteiger partial charge in [0.25, 0.3) is 11.8 Å². The lowest BCUT2D eigenvalue weighted by atomic mass is 9.86. The molecular formula is C23H19ClFIN2O3. The van der Waals surface area contributed by atoms with E-state index in [1.54, 1.807) is 24.3 Å². The Labute approximate surface area is 197 Å². The summed E-state index contributed by atoms with van der Waals surface area (Å²) in [6.45, 7) is 4.27. The zero-order valence-electron chi connectivity index (χ0n) is 16.8. The number of halogens is 3. The molecule has 0 saturated carbocycles. The molecule has 1 aliphatic rings. The van der Waals surface area contributed by atoms with Crippen LogP contribution in [0, 0.1) is 5.82 Å². The number of hydrogen-bond donors (Lipinski definition) is 1. The standard InChI is InChI=1S/C23H19ClFIN2O3/c1-23(2)15-9-8-13(20(29)27-12-14-5-4-10-31-14)11-18(15)28(22(23)26)21(30)19-16(24)6-3-7-17(19)25/h3-11,22H,12H2,1-2H3,(H,27,29). The number of carbonyl (C=O) groups excluding carboxylic acids is 2. The molecule has 0 bridgehead atoms. The van der Waals surface area contributed by atoms with Crippen molar-refractivity contribution in [3.63, 3.8) is 0 Å². The van der Waals surface area contributed by atoms with E-state index in [9.17, 15) is 14.0 Å². The highest BCUT2D eigenvalue weighted by Gasteiger charge is 2.47. The second kappa shape index (κ2) is 8.27. The molecule has 5 nitrogen and oxygen atoms in total. The van der Waals surface area contributed by atoms with Gasteiger partial charge in [0.15, 0.2) is 0 Å². The molecule has 0 radical (unpaired) electrons. The Balaban J connectivity index is 1.71. The quantitative estimate of drug-likeness (QED) is 0.257. The van der Waals surface area contributed by atoms with E-state index in [0.717, 1.165) is 5.56 Å². The molecule has 1 aromatic heterocycles. The maximum absolute atomic E-state index is 14.5. The summed E-state index contributed by atoms with van der Waals surface area (Å²) in [7, 11) is 0. The van der Waals surface area contributed by atoms with Gasteiger partial charge in [-0.25, -0.2) is 4.39 Å². The first-order valence-corrected chi connectivity index (χ1v) is 11.2. The van der Waals surface area contributed by atoms with Gasteiger partial charge in [-0.05, 0) is 42.0 Å². The Bertz CT molecular complexity index is 1140. The molecule has 1 N–H and O–H groups in total. The van der Waals surface area contributed by atoms with Crippen molar-refractivity contribution in [2.75, 3.05) is 4.90 Å². The van der Waals surface area contributed by atoms with Crippen LogP contribution in [0.2, 0.25) is 5.02 Å². The molecule has 2 heterocycles. The van der Waals surface area contributed by atoms with E-state index in [-0.39, 0.29) is 27.1 Å². The van der Waals surface area contributed by atoms with Crippen molar-refractivity contribution in [1.29, 1.82) is 0 Å². The van der Waals surface area contributed by atoms with Gasteiger partial charge in [0, 0.05) is 16.7 Å². The van der Waals surface area contributed by atoms with Crippen LogP contribution in [-0.2, 0) is 12.0 Å². The molecule has 0 spiro atoms. The Morgan fingerprint density at radius 3 is 2.68 bits per heavy atom. The Morgan fingerprint density at radius 1 is 1.23 bits per heavy atom. The van der Waals surface area contributed by atoms with Crippen LogP contribution in [0.1, 0.15) is 45.9 Å². The van der Waals surface area contributed by atoms with E-state index in [0.29, 0.717) is 17.0 Å². The number of nitrogens with zero attached hydrogens (tertiary/aromatic N) is 1. The minimum Gasteiger partial charge on any atom is -0.467 e. The Morgan fingerprint density at radius 2 is 2.00 bits per heavy atom. The summed E-state index contributed by atoms with van der Waals surface area (Å²) in [6, 6.07) is 12.9. The third kappa shape index (κ3) is 3.85. The molecule has 2 aromatic carbocycles. The van der Waals surface area contributed by atoms with Gasteiger partial charge < -0.3 is 9.73 Å². The third-order valence-electron chi connectivity index (χ3n) is 5.43. The summed E-state index contributed by atoms with van der Waals surface area (Å²) >= 11 is 8.33. The zero-order chi connectivity index (χ0) is 22.3. The maximum Gasteiger partial charge on any atom is 0.263 e. The van der Waals surface area contributed by atoms with Crippen LogP contribution in [0.5, 0.6) is 0 Å². The molecule has 0 saturated heterocycles. The maximum atomic E-state index is 14.5. The summed E-state index contributed by atoms with van der Waals surface area (Å²) in [5.74, 6) is -0.888. The number of furan rings is 1. The topological polar surface area (TPSA) is 62.6 Å². The van der Waals surface area contributed by atoms with Gasteiger partial charge in [-0.2, -0.15) is 0 Å². The largest absolute Gasteiger partial charge is 0.467 e. The fourth-order valence-electron chi connectivity index (χ4n) is 3.71. The summed E-state index contributed by atoms with van der Waals surface area (Å²) in [6.07, 6.45) is 1.54. The first-order valence-electron chi connectivity index (χ1n) is 9.58. The predicted molar refractivity (Wildman–Crippen MR) is 125 cm³/mol. The Hall–Kier alpha value is -2.39. The average Bonchev–Trinajstić information content (AvgIpc) is 3.31. The Kier molecular flexibility index (Phi) is 5.83. The van der Waals surface area contributed by atoms with Crippen LogP contribution in [0.25, 0.3) is 0 Å². The molecular weight excluding hydrogens is 534 g/mol. The second-order valence-corrected chi connectivity index (χ2v) is 9.41. The average molecular weight is 553 g/mol. The van der Waals surface area contributed by atoms with Gasteiger partial charge in [-0.1, -0.05) is 60.2 Å². The van der Waals surface area contributed by atoms with E-state index in [4.69, 9.17) is 16.0 Å². The molecule has 1 unspecified atom stereocenters. The van der Waals surface area contributed by atoms with E-state index in [2.05, 4.69) is 27.9 Å². The van der Waals surface area contributed by atoms with Gasteiger partial charge in [0.2, 0.25) is 0 Å². The second-order valence-electron chi connectivity index (χ2n) is 7.82. The van der Waals surface area contributed by atoms with Gasteiger partial charge in [0.1, 0.15) is 11.6 Å². The van der Waals surface area contributed by atoms with E-state index in [1.165, 1.54) is 29.4 Å². The number of alkyl halides is 1. The van der Waals surface area contributed by atoms with Gasteiger partial charge in [0.05, 0.1) is 27.4 Å². The molecule has 2 amide bonds. The monoisotopic (exact) mass is 552 g/mol. The van der Waals surface area contributed by atoms with Crippen LogP contribution in [0.3, 0.4) is 0 Å². The van der Waals surface area contributed by atoms with E-state index < -0.39 is 17.1 Å². The predicted octanol–water partition coefficient (Wildman–Crippen LogP) is 5.70. The van der Waals surface area contributed by atoms with Crippen LogP contribution in [-0.4, -0.2) is 15.9 Å². The number of anilines is 1. The molecule has 31 heavy (non-hydrogen) atoms. The van der Waals surface area contributed by atoms with Gasteiger partial charge >= 0.3 is 0 Å². The minimum atomic E-state index is -0.681. The molecule has 160 valence electrons. The number of amides is 2. The lowest BCUT2D eigenvalue weighted by Crippen LogP contribution is -2.41. The molecule has 1 aliphatic heterocycles. The van der Waals surface area contributed by atoms with Crippen LogP contribution >= 0.6 is 34.2 Å². The van der Waals surface area contributed by atoms with Gasteiger partial charge in [-0.15, -0.1) is 0 Å². The van der Waals surface area contributed by atoms with Crippen molar-refractivity contribution in [1.82, 2.24) is 5.32 Å². The van der Waals surface area contributed by atoms with Crippen molar-refractivity contribution < 1.29 is 18.4 Å². The fourth-order valence-corrected chi connectivity index (χ4v) is 4.84. The number of carbonyl (C=O) groups is 2. The summed E-state index contributed by atoms with van der Waals surface area (Å²) in [5.41, 5.74) is 1.27. The number of hydrogen-bond acceptors (Lipinski definition) is 3. The van der Waals surface area contributed by atoms with Gasteiger partial charge in [-0.3, -0.25) is 14.5 Å². The third-order valence-corrected chi connectivity index (χ3v) is 7.86. The van der Waals surface area contributed by atoms with Crippen LogP contribution < -0.4 is 10.2 Å². The van der Waals surface area contributed by atoms with E-state index in [1.807, 2.05) is 19.9 Å². The molecule has 0 aliphatic carbocycles. The van der Waals surface area contributed by atoms with Crippen molar-refractivity contribution in [2.24, 2.45) is 0 Å². The lowest BCUT2D eigenvalue weighted by molar-refractivity contribution is 0.0945. The van der Waals surface area contributed by atoms with Crippen molar-refractivity contribution in [3.05, 3.63) is 88.1 Å². The molecule has 0 fully saturated rings. The van der Waals surface area contributed by atoms with Crippen LogP contribution in [0.15, 0.2) is 59.2 Å². The molecule has 1 atom stereocenters. The SMILES string of the molecule is CC1(C)c2ccc(C(=O)NCc3ccco3)cc2N(C(=O)c2c(F)cccc2Cl)C1I. The molecule has 4 rings (SSSR count). The number of benzene rings is 2. The minimum absolute atomic E-state index is 0.0483. The number of nitrogens with one attached hydrogen (secondary N) is 1. The van der Waals surface area contributed by atoms with Crippen molar-refractivity contribution in [2.45, 2.75) is 29.9 Å². The smallest absolute Gasteiger partial charge is 0.263 e. The summed E-state index contributed by atoms with van der Waals surface area (Å²) in [4.78, 5) is 27.6. The highest BCUT2D eigenvalue weighted by Crippen LogP contribution is 2.49. The van der Waals surface area contributed by atoms with Crippen LogP contribution in [0.4, 0.5) is 10.1 Å². The van der Waals surface area contributed by atoms with Crippen molar-refractivity contribution in [3.8, 4) is 0 Å². The summed E-state index contributed by atoms with van der Waals surface area (Å²) < 4.78 is 19.4. The zero-order valence-corrected chi connectivity index (χ0v) is 19.7. The molecule has 3 aromatic rings. The highest BCUT2D eigenvalue weighted by molar-refractivity contribution is 14.1. The normalized spacial score (nSPS) is 16.8. The number of fused-ring (bicyclic) bond motifs is 1. The first-order chi connectivity index (χ1) is 14.7. The highest BCUT2D eigenvalue weighted by atomic mass is 127. The number of rotatable bonds is 4. The van der Waals surface area contributed by atoms with Crippen molar-refractivity contribution >= 4 is 51.7 Å². The molecule has 8 heteroatoms. The first kappa shape index (κ1) is 21.8.